The number of nitrogens with one attached hydrogen (secondary N) is 1. The standard InChI is InChI=1S/C19H29N3O4S/c1-10-15-14(11(2)23)18(24)22(15)16(19(25)26)17(10)27-13-7-12(20-8-13)9-21-5-3-4-6-21/h10-15,20,23H,3-9H2,1-2H3,(H,25,26)/t10-,11-,12+,13+,14-,15-/m1/s1. The molecule has 4 rings (SSSR count). The van der Waals surface area contributed by atoms with E-state index in [1.54, 1.807) is 18.7 Å². The Hall–Kier alpha value is -1.09. The second-order valence-corrected chi connectivity index (χ2v) is 9.70. The van der Waals surface area contributed by atoms with Crippen LogP contribution in [0.3, 0.4) is 0 Å². The van der Waals surface area contributed by atoms with Gasteiger partial charge < -0.3 is 25.3 Å². The van der Waals surface area contributed by atoms with Crippen LogP contribution in [-0.4, -0.2) is 81.5 Å². The maximum Gasteiger partial charge on any atom is 0.353 e. The third-order valence-corrected chi connectivity index (χ3v) is 7.98. The number of rotatable bonds is 6. The summed E-state index contributed by atoms with van der Waals surface area (Å²) in [6, 6.07) is 0.232. The molecule has 4 aliphatic heterocycles. The summed E-state index contributed by atoms with van der Waals surface area (Å²) in [6.45, 7) is 7.89. The molecule has 0 aromatic rings. The van der Waals surface area contributed by atoms with Crippen molar-refractivity contribution in [2.24, 2.45) is 11.8 Å². The highest BCUT2D eigenvalue weighted by atomic mass is 32.2. The van der Waals surface area contributed by atoms with Gasteiger partial charge in [-0.2, -0.15) is 0 Å². The van der Waals surface area contributed by atoms with Crippen LogP contribution in [0.15, 0.2) is 10.6 Å². The van der Waals surface area contributed by atoms with Gasteiger partial charge in [0.25, 0.3) is 0 Å². The summed E-state index contributed by atoms with van der Waals surface area (Å²) >= 11 is 1.63. The minimum Gasteiger partial charge on any atom is -0.477 e. The molecule has 4 heterocycles. The van der Waals surface area contributed by atoms with E-state index in [0.29, 0.717) is 11.3 Å². The van der Waals surface area contributed by atoms with Gasteiger partial charge in [-0.3, -0.25) is 4.79 Å². The number of likely N-dealkylation sites (tertiary alicyclic amines) is 1. The number of carboxylic acid groups (broad SMARTS) is 1. The molecular formula is C19H29N3O4S. The van der Waals surface area contributed by atoms with Crippen LogP contribution in [0.2, 0.25) is 0 Å². The summed E-state index contributed by atoms with van der Waals surface area (Å²) in [5.41, 5.74) is 0.141. The number of hydrogen-bond acceptors (Lipinski definition) is 6. The first kappa shape index (κ1) is 19.2. The molecule has 0 spiro atoms. The Balaban J connectivity index is 1.45. The largest absolute Gasteiger partial charge is 0.477 e. The zero-order valence-corrected chi connectivity index (χ0v) is 16.7. The second-order valence-electron chi connectivity index (χ2n) is 8.36. The summed E-state index contributed by atoms with van der Waals surface area (Å²) in [7, 11) is 0. The molecule has 0 radical (unpaired) electrons. The molecule has 3 N–H and O–H groups in total. The summed E-state index contributed by atoms with van der Waals surface area (Å²) in [6.07, 6.45) is 2.83. The average Bonchev–Trinajstić information content (AvgIpc) is 3.30. The highest BCUT2D eigenvalue weighted by molar-refractivity contribution is 8.03. The van der Waals surface area contributed by atoms with E-state index < -0.39 is 18.0 Å². The Bertz CT molecular complexity index is 661. The number of carbonyl (C=O) groups is 2. The Morgan fingerprint density at radius 1 is 1.37 bits per heavy atom. The molecule has 7 nitrogen and oxygen atoms in total. The van der Waals surface area contributed by atoms with E-state index in [1.165, 1.54) is 30.8 Å². The average molecular weight is 396 g/mol. The van der Waals surface area contributed by atoms with Crippen LogP contribution < -0.4 is 5.32 Å². The van der Waals surface area contributed by atoms with Crippen LogP contribution in [0.1, 0.15) is 33.1 Å². The molecule has 6 atom stereocenters. The summed E-state index contributed by atoms with van der Waals surface area (Å²) < 4.78 is 0. The Morgan fingerprint density at radius 2 is 2.07 bits per heavy atom. The summed E-state index contributed by atoms with van der Waals surface area (Å²) in [4.78, 5) is 29.0. The molecule has 3 fully saturated rings. The van der Waals surface area contributed by atoms with Gasteiger partial charge in [0.05, 0.1) is 18.1 Å². The molecular weight excluding hydrogens is 366 g/mol. The van der Waals surface area contributed by atoms with Gasteiger partial charge in [0.2, 0.25) is 5.91 Å². The van der Waals surface area contributed by atoms with Crippen molar-refractivity contribution >= 4 is 23.6 Å². The Kier molecular flexibility index (Phi) is 5.26. The van der Waals surface area contributed by atoms with Crippen molar-refractivity contribution in [1.82, 2.24) is 15.1 Å². The fourth-order valence-corrected chi connectivity index (χ4v) is 6.66. The van der Waals surface area contributed by atoms with Crippen molar-refractivity contribution in [2.75, 3.05) is 26.2 Å². The number of aliphatic carboxylic acids is 1. The predicted molar refractivity (Wildman–Crippen MR) is 103 cm³/mol. The highest BCUT2D eigenvalue weighted by Crippen LogP contribution is 2.51. The lowest BCUT2D eigenvalue weighted by Crippen LogP contribution is -2.63. The normalized spacial score (nSPS) is 37.7. The minimum atomic E-state index is -1.04. The van der Waals surface area contributed by atoms with Crippen LogP contribution in [0.25, 0.3) is 0 Å². The first-order valence-electron chi connectivity index (χ1n) is 9.99. The molecule has 3 saturated heterocycles. The van der Waals surface area contributed by atoms with E-state index >= 15 is 0 Å². The van der Waals surface area contributed by atoms with Gasteiger partial charge >= 0.3 is 5.97 Å². The van der Waals surface area contributed by atoms with Crippen LogP contribution in [0.5, 0.6) is 0 Å². The van der Waals surface area contributed by atoms with E-state index in [4.69, 9.17) is 0 Å². The third kappa shape index (κ3) is 3.30. The number of carbonyl (C=O) groups excluding carboxylic acids is 1. The SMILES string of the molecule is C[C@@H](O)[C@H]1C(=O)N2C(C(=O)O)=C(S[C@@H]3CN[C@H](CN4CCCC4)C3)[C@H](C)[C@H]12. The fraction of sp³-hybridized carbons (Fsp3) is 0.789. The van der Waals surface area contributed by atoms with Gasteiger partial charge in [0.1, 0.15) is 5.70 Å². The molecule has 0 aromatic heterocycles. The number of aliphatic hydroxyl groups excluding tert-OH is 1. The summed E-state index contributed by atoms with van der Waals surface area (Å²) in [5, 5.41) is 23.6. The van der Waals surface area contributed by atoms with Crippen LogP contribution >= 0.6 is 11.8 Å². The molecule has 0 bridgehead atoms. The van der Waals surface area contributed by atoms with Crippen molar-refractivity contribution in [3.8, 4) is 0 Å². The lowest BCUT2D eigenvalue weighted by atomic mass is 9.79. The monoisotopic (exact) mass is 395 g/mol. The van der Waals surface area contributed by atoms with Crippen LogP contribution in [0, 0.1) is 11.8 Å². The Labute approximate surface area is 164 Å². The van der Waals surface area contributed by atoms with Crippen molar-refractivity contribution in [3.05, 3.63) is 10.6 Å². The zero-order valence-electron chi connectivity index (χ0n) is 15.9. The first-order valence-corrected chi connectivity index (χ1v) is 10.9. The number of thioether (sulfide) groups is 1. The smallest absolute Gasteiger partial charge is 0.353 e. The topological polar surface area (TPSA) is 93.1 Å². The molecule has 4 aliphatic rings. The molecule has 1 amide bonds. The summed E-state index contributed by atoms with van der Waals surface area (Å²) in [5.74, 6) is -1.83. The Morgan fingerprint density at radius 3 is 2.70 bits per heavy atom. The number of hydrogen-bond donors (Lipinski definition) is 3. The zero-order chi connectivity index (χ0) is 19.3. The maximum atomic E-state index is 12.4. The molecule has 0 unspecified atom stereocenters. The van der Waals surface area contributed by atoms with E-state index in [2.05, 4.69) is 10.2 Å². The quantitative estimate of drug-likeness (QED) is 0.570. The molecule has 0 aliphatic carbocycles. The van der Waals surface area contributed by atoms with Crippen molar-refractivity contribution in [3.63, 3.8) is 0 Å². The number of nitrogens with zero attached hydrogens (tertiary/aromatic N) is 2. The lowest BCUT2D eigenvalue weighted by molar-refractivity contribution is -0.163. The number of amides is 1. The van der Waals surface area contributed by atoms with Gasteiger partial charge in [-0.15, -0.1) is 11.8 Å². The molecule has 27 heavy (non-hydrogen) atoms. The molecule has 150 valence electrons. The van der Waals surface area contributed by atoms with Gasteiger partial charge in [-0.05, 0) is 39.3 Å². The van der Waals surface area contributed by atoms with E-state index in [9.17, 15) is 19.8 Å². The van der Waals surface area contributed by atoms with Crippen molar-refractivity contribution in [2.45, 2.75) is 56.5 Å². The molecule has 8 heteroatoms. The van der Waals surface area contributed by atoms with Crippen molar-refractivity contribution in [1.29, 1.82) is 0 Å². The van der Waals surface area contributed by atoms with Gasteiger partial charge in [0, 0.05) is 35.2 Å². The number of fused-ring (bicyclic) bond motifs is 1. The van der Waals surface area contributed by atoms with E-state index in [0.717, 1.165) is 24.4 Å². The van der Waals surface area contributed by atoms with E-state index in [-0.39, 0.29) is 23.6 Å². The third-order valence-electron chi connectivity index (χ3n) is 6.46. The fourth-order valence-electron chi connectivity index (χ4n) is 5.15. The van der Waals surface area contributed by atoms with Crippen LogP contribution in [0.4, 0.5) is 0 Å². The van der Waals surface area contributed by atoms with Crippen molar-refractivity contribution < 1.29 is 19.8 Å². The van der Waals surface area contributed by atoms with Crippen LogP contribution in [-0.2, 0) is 9.59 Å². The highest BCUT2D eigenvalue weighted by Gasteiger charge is 2.60. The number of carboxylic acids is 1. The maximum absolute atomic E-state index is 12.4. The minimum absolute atomic E-state index is 0.0453. The number of β-lactam (4-membered cyclic amide) rings is 1. The van der Waals surface area contributed by atoms with Gasteiger partial charge in [-0.25, -0.2) is 4.79 Å². The van der Waals surface area contributed by atoms with Gasteiger partial charge in [0.15, 0.2) is 0 Å². The number of aliphatic hydroxyl groups is 1. The predicted octanol–water partition coefficient (Wildman–Crippen LogP) is 0.700. The molecule has 0 aromatic carbocycles. The molecule has 0 saturated carbocycles. The first-order chi connectivity index (χ1) is 12.9. The van der Waals surface area contributed by atoms with Gasteiger partial charge in [-0.1, -0.05) is 6.92 Å². The second kappa shape index (κ2) is 7.39. The lowest BCUT2D eigenvalue weighted by Gasteiger charge is -2.46. The van der Waals surface area contributed by atoms with E-state index in [1.807, 2.05) is 6.92 Å².